The number of amides is 7. The Morgan fingerprint density at radius 1 is 1.06 bits per heavy atom. The van der Waals surface area contributed by atoms with Crippen LogP contribution in [0.1, 0.15) is 31.0 Å². The van der Waals surface area contributed by atoms with Gasteiger partial charge in [-0.2, -0.15) is 0 Å². The number of carboxylic acid groups (broad SMARTS) is 1. The first-order valence-corrected chi connectivity index (χ1v) is 18.1. The first kappa shape index (κ1) is 36.7. The maximum absolute atomic E-state index is 14.1. The molecule has 21 heteroatoms. The average Bonchev–Trinajstić information content (AvgIpc) is 3.54. The van der Waals surface area contributed by atoms with E-state index in [1.807, 2.05) is 0 Å². The summed E-state index contributed by atoms with van der Waals surface area (Å²) in [7, 11) is -6.21. The fourth-order valence-corrected chi connectivity index (χ4v) is 8.79. The molecule has 0 radical (unpaired) electrons. The van der Waals surface area contributed by atoms with Crippen molar-refractivity contribution >= 4 is 63.2 Å². The van der Waals surface area contributed by atoms with Crippen molar-refractivity contribution in [2.45, 2.75) is 48.3 Å². The number of aliphatic carboxylic acids is 1. The van der Waals surface area contributed by atoms with E-state index in [1.54, 1.807) is 30.3 Å². The van der Waals surface area contributed by atoms with Crippen LogP contribution in [0.15, 0.2) is 54.6 Å². The molecule has 5 atom stereocenters. The fourth-order valence-electron chi connectivity index (χ4n) is 5.96. The van der Waals surface area contributed by atoms with E-state index in [0.717, 1.165) is 6.26 Å². The van der Waals surface area contributed by atoms with Crippen LogP contribution in [0, 0.1) is 0 Å². The van der Waals surface area contributed by atoms with Crippen LogP contribution in [0.3, 0.4) is 0 Å². The summed E-state index contributed by atoms with van der Waals surface area (Å²) >= 11 is 0. The number of imide groups is 1. The largest absolute Gasteiger partial charge is 0.514 e. The van der Waals surface area contributed by atoms with Crippen LogP contribution in [0.25, 0.3) is 0 Å². The van der Waals surface area contributed by atoms with E-state index < -0.39 is 84.7 Å². The van der Waals surface area contributed by atoms with Crippen LogP contribution in [0.5, 0.6) is 5.75 Å². The van der Waals surface area contributed by atoms with Crippen molar-refractivity contribution in [3.05, 3.63) is 65.7 Å². The van der Waals surface area contributed by atoms with Crippen LogP contribution >= 0.6 is 0 Å². The molecule has 3 aliphatic heterocycles. The zero-order valence-electron chi connectivity index (χ0n) is 27.1. The van der Waals surface area contributed by atoms with E-state index in [0.29, 0.717) is 19.7 Å². The normalized spacial score (nSPS) is 24.1. The number of hydrogen-bond donors (Lipinski definition) is 4. The summed E-state index contributed by atoms with van der Waals surface area (Å²) < 4.78 is 46.4. The highest BCUT2D eigenvalue weighted by atomic mass is 32.2. The van der Waals surface area contributed by atoms with Crippen molar-refractivity contribution in [1.29, 1.82) is 0 Å². The summed E-state index contributed by atoms with van der Waals surface area (Å²) in [5.41, 5.74) is -2.02. The van der Waals surface area contributed by atoms with E-state index in [1.165, 1.54) is 38.1 Å². The maximum Gasteiger partial charge on any atom is 0.514 e. The van der Waals surface area contributed by atoms with Gasteiger partial charge in [0.1, 0.15) is 29.8 Å². The summed E-state index contributed by atoms with van der Waals surface area (Å²) in [6.45, 7) is 1.63. The van der Waals surface area contributed by atoms with Gasteiger partial charge >= 0.3 is 24.2 Å². The molecule has 3 aliphatic rings. The molecule has 3 heterocycles. The van der Waals surface area contributed by atoms with Gasteiger partial charge in [-0.3, -0.25) is 23.5 Å². The number of ether oxygens (including phenoxy) is 2. The van der Waals surface area contributed by atoms with Crippen molar-refractivity contribution in [2.75, 3.05) is 19.3 Å². The second-order valence-electron chi connectivity index (χ2n) is 12.0. The van der Waals surface area contributed by atoms with Crippen LogP contribution in [0.4, 0.5) is 14.4 Å². The number of hydrogen-bond acceptors (Lipinski definition) is 12. The van der Waals surface area contributed by atoms with E-state index in [4.69, 9.17) is 9.47 Å². The number of carboxylic acids is 1. The molecule has 0 spiro atoms. The van der Waals surface area contributed by atoms with Gasteiger partial charge in [0.25, 0.3) is 5.91 Å². The number of sulfonamides is 1. The van der Waals surface area contributed by atoms with Crippen LogP contribution in [-0.2, 0) is 51.3 Å². The van der Waals surface area contributed by atoms with Gasteiger partial charge in [-0.25, -0.2) is 36.8 Å². The lowest BCUT2D eigenvalue weighted by Gasteiger charge is -2.49. The van der Waals surface area contributed by atoms with E-state index in [9.17, 15) is 51.3 Å². The molecule has 7 amide bonds. The predicted octanol–water partition coefficient (Wildman–Crippen LogP) is -0.429. The molecule has 4 N–H and O–H groups in total. The first-order valence-electron chi connectivity index (χ1n) is 15.0. The molecular weight excluding hydrogens is 716 g/mol. The zero-order valence-corrected chi connectivity index (χ0v) is 28.8. The number of carbonyl (C=O) groups excluding carboxylic acids is 6. The minimum Gasteiger partial charge on any atom is -0.478 e. The Bertz CT molecular complexity index is 1920. The van der Waals surface area contributed by atoms with Crippen LogP contribution in [0.2, 0.25) is 0 Å². The molecule has 3 fully saturated rings. The Balaban J connectivity index is 1.43. The number of nitrogens with one attached hydrogen (secondary N) is 3. The smallest absolute Gasteiger partial charge is 0.478 e. The molecule has 2 aromatic carbocycles. The summed E-state index contributed by atoms with van der Waals surface area (Å²) in [5, 5.41) is 16.0. The molecule has 2 aromatic rings. The molecule has 0 aliphatic carbocycles. The molecule has 0 saturated carbocycles. The van der Waals surface area contributed by atoms with E-state index >= 15 is 0 Å². The van der Waals surface area contributed by atoms with Crippen molar-refractivity contribution < 1.29 is 60.8 Å². The number of nitrogens with zero attached hydrogens (tertiary/aromatic N) is 3. The van der Waals surface area contributed by atoms with Gasteiger partial charge in [0.2, 0.25) is 28.0 Å². The minimum atomic E-state index is -4.05. The molecule has 0 bridgehead atoms. The van der Waals surface area contributed by atoms with E-state index in [2.05, 4.69) is 16.0 Å². The average molecular weight is 749 g/mol. The second-order valence-corrected chi connectivity index (χ2v) is 16.0. The summed E-state index contributed by atoms with van der Waals surface area (Å²) in [4.78, 5) is 91.0. The number of fused-ring (bicyclic) bond motifs is 1. The lowest BCUT2D eigenvalue weighted by atomic mass is 9.88. The molecule has 51 heavy (non-hydrogen) atoms. The number of β-lactam (4-membered cyclic amide) rings is 1. The third-order valence-corrected chi connectivity index (χ3v) is 12.0. The highest BCUT2D eigenvalue weighted by Crippen LogP contribution is 2.49. The Morgan fingerprint density at radius 3 is 2.27 bits per heavy atom. The lowest BCUT2D eigenvalue weighted by molar-refractivity contribution is -0.176. The Hall–Kier alpha value is -5.57. The van der Waals surface area contributed by atoms with Crippen molar-refractivity contribution in [3.63, 3.8) is 0 Å². The quantitative estimate of drug-likeness (QED) is 0.0986. The lowest BCUT2D eigenvalue weighted by Crippen LogP contribution is -2.80. The van der Waals surface area contributed by atoms with Gasteiger partial charge < -0.3 is 30.5 Å². The fraction of sp³-hybridized carbons (Fsp3) is 0.367. The molecule has 0 aromatic heterocycles. The van der Waals surface area contributed by atoms with Gasteiger partial charge in [-0.05, 0) is 37.1 Å². The van der Waals surface area contributed by atoms with Crippen LogP contribution < -0.4 is 20.7 Å². The molecule has 5 rings (SSSR count). The monoisotopic (exact) mass is 748 g/mol. The van der Waals surface area contributed by atoms with Crippen molar-refractivity contribution in [3.8, 4) is 5.75 Å². The summed E-state index contributed by atoms with van der Waals surface area (Å²) in [6.07, 6.45) is -0.106. The zero-order chi connectivity index (χ0) is 37.5. The number of carbonyl (C=O) groups is 7. The van der Waals surface area contributed by atoms with Gasteiger partial charge in [0, 0.05) is 0 Å². The Kier molecular flexibility index (Phi) is 9.80. The molecule has 3 saturated heterocycles. The minimum absolute atomic E-state index is 0.0538. The standard InChI is InChI=1S/C30H32N6O13S2/c1-29(2)30(25(40)41,36-23(39)21(31-16-37)24(36)50(29)45)33-22(38)20(32-26(42)34-13-14-35(27(34)43)51(3,46)47)18-9-11-19(12-10-18)49-28(44)48-15-17-7-5-4-6-8-17/h4-12,16,20-21,24H,13-15H2,1-3H3,(H,31,37)(H,32,42)(H,33,38)(H,40,41)/t20?,21-,24+,30-,50?/m0/s1. The molecular formula is C30H32N6O13S2. The Labute approximate surface area is 292 Å². The Morgan fingerprint density at radius 2 is 1.71 bits per heavy atom. The van der Waals surface area contributed by atoms with E-state index in [-0.39, 0.29) is 37.4 Å². The highest BCUT2D eigenvalue weighted by Gasteiger charge is 2.77. The van der Waals surface area contributed by atoms with Gasteiger partial charge in [0.15, 0.2) is 0 Å². The SMILES string of the molecule is CC1(C)S(=O)[C@@H]2[C@@H](NC=O)C(=O)N2[C@@]1(NC(=O)C(NC(=O)N1CCN(S(C)(=O)=O)C1=O)c1ccc(OC(=O)OCc2ccccc2)cc1)C(=O)O. The molecule has 272 valence electrons. The van der Waals surface area contributed by atoms with Crippen molar-refractivity contribution in [1.82, 2.24) is 30.1 Å². The third kappa shape index (κ3) is 6.44. The number of rotatable bonds is 11. The predicted molar refractivity (Wildman–Crippen MR) is 173 cm³/mol. The van der Waals surface area contributed by atoms with Gasteiger partial charge in [0.05, 0.1) is 34.9 Å². The topological polar surface area (TPSA) is 255 Å². The van der Waals surface area contributed by atoms with Gasteiger partial charge in [-0.15, -0.1) is 0 Å². The summed E-state index contributed by atoms with van der Waals surface area (Å²) in [5.74, 6) is -4.04. The van der Waals surface area contributed by atoms with Gasteiger partial charge in [-0.1, -0.05) is 42.5 Å². The maximum atomic E-state index is 14.1. The third-order valence-electron chi connectivity index (χ3n) is 8.62. The van der Waals surface area contributed by atoms with Crippen molar-refractivity contribution in [2.24, 2.45) is 0 Å². The highest BCUT2D eigenvalue weighted by molar-refractivity contribution is 7.89. The number of urea groups is 2. The number of benzene rings is 2. The second kappa shape index (κ2) is 13.6. The summed E-state index contributed by atoms with van der Waals surface area (Å²) in [6, 6.07) is 8.05. The first-order chi connectivity index (χ1) is 23.9. The molecule has 2 unspecified atom stereocenters. The molecule has 19 nitrogen and oxygen atoms in total. The van der Waals surface area contributed by atoms with Crippen LogP contribution in [-0.4, -0.2) is 115 Å².